The van der Waals surface area contributed by atoms with Crippen LogP contribution in [-0.2, 0) is 0 Å². The van der Waals surface area contributed by atoms with Crippen molar-refractivity contribution < 1.29 is 9.18 Å². The van der Waals surface area contributed by atoms with E-state index in [2.05, 4.69) is 10.3 Å². The number of halogens is 2. The maximum Gasteiger partial charge on any atom is 0.275 e. The number of carbonyl (C=O) groups excluding carboxylic acids is 1. The summed E-state index contributed by atoms with van der Waals surface area (Å²) in [6.07, 6.45) is 0. The summed E-state index contributed by atoms with van der Waals surface area (Å²) in [6, 6.07) is 11.3. The average Bonchev–Trinajstić information content (AvgIpc) is 3.01. The van der Waals surface area contributed by atoms with Crippen LogP contribution in [0, 0.1) is 12.7 Å². The highest BCUT2D eigenvalue weighted by Crippen LogP contribution is 2.25. The van der Waals surface area contributed by atoms with E-state index >= 15 is 0 Å². The van der Waals surface area contributed by atoms with Crippen molar-refractivity contribution in [3.8, 4) is 10.6 Å². The first-order chi connectivity index (χ1) is 11.0. The van der Waals surface area contributed by atoms with E-state index in [1.165, 1.54) is 23.5 Å². The van der Waals surface area contributed by atoms with Gasteiger partial charge in [0, 0.05) is 21.7 Å². The van der Waals surface area contributed by atoms with Crippen molar-refractivity contribution in [1.29, 1.82) is 0 Å². The Hall–Kier alpha value is -2.24. The number of nitrogens with zero attached hydrogens (tertiary/aromatic N) is 1. The van der Waals surface area contributed by atoms with Gasteiger partial charge in [-0.2, -0.15) is 0 Å². The highest BCUT2D eigenvalue weighted by atomic mass is 35.5. The first-order valence-electron chi connectivity index (χ1n) is 6.82. The van der Waals surface area contributed by atoms with Crippen molar-refractivity contribution in [3.63, 3.8) is 0 Å². The van der Waals surface area contributed by atoms with Crippen LogP contribution in [0.5, 0.6) is 0 Å². The Morgan fingerprint density at radius 1 is 1.22 bits per heavy atom. The summed E-state index contributed by atoms with van der Waals surface area (Å²) in [7, 11) is 0. The number of rotatable bonds is 3. The number of aromatic nitrogens is 1. The SMILES string of the molecule is Cc1cc(Cl)ccc1NC(=O)c1csc(-c2ccc(F)cc2)n1. The molecule has 0 atom stereocenters. The molecule has 1 aromatic heterocycles. The fourth-order valence-corrected chi connectivity index (χ4v) is 3.09. The lowest BCUT2D eigenvalue weighted by Crippen LogP contribution is -2.13. The topological polar surface area (TPSA) is 42.0 Å². The summed E-state index contributed by atoms with van der Waals surface area (Å²) in [5.41, 5.74) is 2.66. The number of carbonyl (C=O) groups is 1. The minimum atomic E-state index is -0.304. The Morgan fingerprint density at radius 3 is 2.65 bits per heavy atom. The summed E-state index contributed by atoms with van der Waals surface area (Å²) in [5.74, 6) is -0.596. The van der Waals surface area contributed by atoms with Gasteiger partial charge in [-0.25, -0.2) is 9.37 Å². The molecule has 0 unspecified atom stereocenters. The molecule has 0 aliphatic heterocycles. The number of amides is 1. The predicted octanol–water partition coefficient (Wildman–Crippen LogP) is 5.16. The Kier molecular flexibility index (Phi) is 4.41. The third kappa shape index (κ3) is 3.57. The number of benzene rings is 2. The molecule has 0 saturated carbocycles. The second-order valence-corrected chi connectivity index (χ2v) is 6.25. The van der Waals surface area contributed by atoms with E-state index in [-0.39, 0.29) is 11.7 Å². The van der Waals surface area contributed by atoms with E-state index in [4.69, 9.17) is 11.6 Å². The molecule has 2 aromatic carbocycles. The molecule has 0 radical (unpaired) electrons. The monoisotopic (exact) mass is 346 g/mol. The van der Waals surface area contributed by atoms with E-state index < -0.39 is 0 Å². The van der Waals surface area contributed by atoms with E-state index in [1.54, 1.807) is 35.7 Å². The third-order valence-electron chi connectivity index (χ3n) is 3.26. The van der Waals surface area contributed by atoms with Crippen molar-refractivity contribution in [2.45, 2.75) is 6.92 Å². The van der Waals surface area contributed by atoms with Crippen molar-refractivity contribution in [2.24, 2.45) is 0 Å². The third-order valence-corrected chi connectivity index (χ3v) is 4.39. The van der Waals surface area contributed by atoms with Crippen LogP contribution in [0.2, 0.25) is 5.02 Å². The van der Waals surface area contributed by atoms with Gasteiger partial charge in [-0.1, -0.05) is 11.6 Å². The second kappa shape index (κ2) is 6.48. The minimum absolute atomic E-state index is 0.292. The van der Waals surface area contributed by atoms with Crippen molar-refractivity contribution in [2.75, 3.05) is 5.32 Å². The van der Waals surface area contributed by atoms with Crippen molar-refractivity contribution >= 4 is 34.5 Å². The first-order valence-corrected chi connectivity index (χ1v) is 8.07. The van der Waals surface area contributed by atoms with Crippen LogP contribution in [0.1, 0.15) is 16.1 Å². The number of aryl methyl sites for hydroxylation is 1. The van der Waals surface area contributed by atoms with E-state index in [0.29, 0.717) is 21.4 Å². The van der Waals surface area contributed by atoms with Gasteiger partial charge in [0.1, 0.15) is 16.5 Å². The summed E-state index contributed by atoms with van der Waals surface area (Å²) in [5, 5.41) is 5.78. The van der Waals surface area contributed by atoms with Crippen LogP contribution in [-0.4, -0.2) is 10.9 Å². The molecule has 23 heavy (non-hydrogen) atoms. The summed E-state index contributed by atoms with van der Waals surface area (Å²) >= 11 is 7.24. The predicted molar refractivity (Wildman–Crippen MR) is 91.7 cm³/mol. The normalized spacial score (nSPS) is 10.6. The van der Waals surface area contributed by atoms with Crippen LogP contribution in [0.15, 0.2) is 47.8 Å². The quantitative estimate of drug-likeness (QED) is 0.711. The van der Waals surface area contributed by atoms with Gasteiger partial charge < -0.3 is 5.32 Å². The minimum Gasteiger partial charge on any atom is -0.320 e. The fourth-order valence-electron chi connectivity index (χ4n) is 2.06. The molecule has 0 spiro atoms. The summed E-state index contributed by atoms with van der Waals surface area (Å²) in [6.45, 7) is 1.87. The second-order valence-electron chi connectivity index (χ2n) is 4.96. The smallest absolute Gasteiger partial charge is 0.275 e. The van der Waals surface area contributed by atoms with E-state index in [0.717, 1.165) is 11.1 Å². The van der Waals surface area contributed by atoms with Gasteiger partial charge in [0.2, 0.25) is 0 Å². The zero-order valence-corrected chi connectivity index (χ0v) is 13.7. The van der Waals surface area contributed by atoms with Crippen LogP contribution >= 0.6 is 22.9 Å². The lowest BCUT2D eigenvalue weighted by molar-refractivity contribution is 0.102. The molecule has 0 bridgehead atoms. The Morgan fingerprint density at radius 2 is 1.96 bits per heavy atom. The molecule has 0 aliphatic rings. The van der Waals surface area contributed by atoms with Gasteiger partial charge in [-0.3, -0.25) is 4.79 Å². The maximum atomic E-state index is 13.0. The first kappa shape index (κ1) is 15.6. The van der Waals surface area contributed by atoms with Gasteiger partial charge in [-0.05, 0) is 55.0 Å². The molecule has 0 fully saturated rings. The standard InChI is InChI=1S/C17H12ClFN2OS/c1-10-8-12(18)4-7-14(10)20-16(22)15-9-23-17(21-15)11-2-5-13(19)6-3-11/h2-9H,1H3,(H,20,22). The molecule has 0 saturated heterocycles. The molecule has 3 rings (SSSR count). The highest BCUT2D eigenvalue weighted by Gasteiger charge is 2.13. The van der Waals surface area contributed by atoms with Gasteiger partial charge in [0.05, 0.1) is 0 Å². The molecule has 1 N–H and O–H groups in total. The zero-order chi connectivity index (χ0) is 16.4. The average molecular weight is 347 g/mol. The molecular formula is C17H12ClFN2OS. The van der Waals surface area contributed by atoms with Crippen LogP contribution in [0.4, 0.5) is 10.1 Å². The van der Waals surface area contributed by atoms with Crippen molar-refractivity contribution in [3.05, 3.63) is 69.9 Å². The summed E-state index contributed by atoms with van der Waals surface area (Å²) < 4.78 is 13.0. The highest BCUT2D eigenvalue weighted by molar-refractivity contribution is 7.13. The molecule has 6 heteroatoms. The molecule has 0 aliphatic carbocycles. The number of thiazole rings is 1. The lowest BCUT2D eigenvalue weighted by atomic mass is 10.2. The van der Waals surface area contributed by atoms with Crippen molar-refractivity contribution in [1.82, 2.24) is 4.98 Å². The molecular weight excluding hydrogens is 335 g/mol. The maximum absolute atomic E-state index is 13.0. The van der Waals surface area contributed by atoms with Gasteiger partial charge in [-0.15, -0.1) is 11.3 Å². The molecule has 3 aromatic rings. The fraction of sp³-hybridized carbons (Fsp3) is 0.0588. The lowest BCUT2D eigenvalue weighted by Gasteiger charge is -2.07. The Bertz CT molecular complexity index is 861. The zero-order valence-electron chi connectivity index (χ0n) is 12.1. The van der Waals surface area contributed by atoms with Gasteiger partial charge in [0.15, 0.2) is 0 Å². The molecule has 116 valence electrons. The largest absolute Gasteiger partial charge is 0.320 e. The number of anilines is 1. The Balaban J connectivity index is 1.79. The van der Waals surface area contributed by atoms with Crippen LogP contribution in [0.3, 0.4) is 0 Å². The summed E-state index contributed by atoms with van der Waals surface area (Å²) in [4.78, 5) is 16.6. The number of hydrogen-bond donors (Lipinski definition) is 1. The van der Waals surface area contributed by atoms with Gasteiger partial charge in [0.25, 0.3) is 5.91 Å². The molecule has 1 heterocycles. The number of hydrogen-bond acceptors (Lipinski definition) is 3. The van der Waals surface area contributed by atoms with Crippen LogP contribution in [0.25, 0.3) is 10.6 Å². The molecule has 1 amide bonds. The van der Waals surface area contributed by atoms with E-state index in [1.807, 2.05) is 6.92 Å². The van der Waals surface area contributed by atoms with Crippen LogP contribution < -0.4 is 5.32 Å². The molecule has 3 nitrogen and oxygen atoms in total. The number of nitrogens with one attached hydrogen (secondary N) is 1. The van der Waals surface area contributed by atoms with E-state index in [9.17, 15) is 9.18 Å². The van der Waals surface area contributed by atoms with Gasteiger partial charge >= 0.3 is 0 Å². The Labute approximate surface area is 141 Å².